The molecule has 2 amide bonds. The van der Waals surface area contributed by atoms with Crippen LogP contribution in [0.25, 0.3) is 0 Å². The van der Waals surface area contributed by atoms with E-state index in [1.165, 1.54) is 6.08 Å². The fraction of sp³-hybridized carbons (Fsp3) is 0.200. The first-order chi connectivity index (χ1) is 10.5. The van der Waals surface area contributed by atoms with Gasteiger partial charge in [0.15, 0.2) is 0 Å². The Labute approximate surface area is 137 Å². The van der Waals surface area contributed by atoms with Crippen molar-refractivity contribution >= 4 is 35.2 Å². The summed E-state index contributed by atoms with van der Waals surface area (Å²) in [6.45, 7) is 5.17. The van der Waals surface area contributed by atoms with Crippen LogP contribution < -0.4 is 10.6 Å². The molecule has 7 heteroatoms. The molecule has 1 atom stereocenters. The maximum Gasteiger partial charge on any atom is 0.338 e. The molecule has 0 unspecified atom stereocenters. The molecule has 0 spiro atoms. The van der Waals surface area contributed by atoms with Crippen molar-refractivity contribution in [3.05, 3.63) is 57.7 Å². The van der Waals surface area contributed by atoms with Crippen LogP contribution >= 0.6 is 23.2 Å². The number of benzene rings is 1. The summed E-state index contributed by atoms with van der Waals surface area (Å²) in [5.74, 6) is -0.578. The van der Waals surface area contributed by atoms with Gasteiger partial charge in [0.05, 0.1) is 11.6 Å². The number of allylic oxidation sites excluding steroid dienone is 1. The van der Waals surface area contributed by atoms with Crippen LogP contribution in [0.2, 0.25) is 10.0 Å². The molecule has 1 aromatic carbocycles. The fourth-order valence-electron chi connectivity index (χ4n) is 2.18. The van der Waals surface area contributed by atoms with Gasteiger partial charge in [-0.15, -0.1) is 0 Å². The third-order valence-electron chi connectivity index (χ3n) is 3.11. The fourth-order valence-corrected chi connectivity index (χ4v) is 2.80. The first kappa shape index (κ1) is 16.4. The van der Waals surface area contributed by atoms with Gasteiger partial charge < -0.3 is 15.4 Å². The minimum Gasteiger partial charge on any atom is -0.458 e. The Balaban J connectivity index is 2.51. The summed E-state index contributed by atoms with van der Waals surface area (Å²) in [5, 5.41) is 5.89. The Bertz CT molecular complexity index is 651. The number of halogens is 2. The molecule has 5 nitrogen and oxygen atoms in total. The van der Waals surface area contributed by atoms with Crippen molar-refractivity contribution in [2.45, 2.75) is 13.0 Å². The van der Waals surface area contributed by atoms with Gasteiger partial charge in [-0.1, -0.05) is 41.9 Å². The van der Waals surface area contributed by atoms with Gasteiger partial charge in [0.25, 0.3) is 0 Å². The van der Waals surface area contributed by atoms with E-state index in [1.807, 2.05) is 0 Å². The van der Waals surface area contributed by atoms with Crippen LogP contribution in [0.3, 0.4) is 0 Å². The summed E-state index contributed by atoms with van der Waals surface area (Å²) in [7, 11) is 0. The summed E-state index contributed by atoms with van der Waals surface area (Å²) in [6, 6.07) is 3.73. The lowest BCUT2D eigenvalue weighted by Gasteiger charge is -2.29. The Kier molecular flexibility index (Phi) is 5.11. The molecule has 0 saturated carbocycles. The summed E-state index contributed by atoms with van der Waals surface area (Å²) in [5.41, 5.74) is 1.08. The van der Waals surface area contributed by atoms with E-state index in [1.54, 1.807) is 25.1 Å². The van der Waals surface area contributed by atoms with Gasteiger partial charge in [-0.2, -0.15) is 0 Å². The first-order valence-corrected chi connectivity index (χ1v) is 7.21. The van der Waals surface area contributed by atoms with Crippen molar-refractivity contribution in [2.75, 3.05) is 6.61 Å². The molecule has 0 radical (unpaired) electrons. The van der Waals surface area contributed by atoms with Crippen molar-refractivity contribution in [1.29, 1.82) is 0 Å². The number of rotatable bonds is 4. The van der Waals surface area contributed by atoms with Gasteiger partial charge in [-0.05, 0) is 19.1 Å². The van der Waals surface area contributed by atoms with Crippen LogP contribution in [0.15, 0.2) is 42.1 Å². The monoisotopic (exact) mass is 340 g/mol. The Morgan fingerprint density at radius 2 is 2.05 bits per heavy atom. The second kappa shape index (κ2) is 6.85. The normalized spacial score (nSPS) is 17.6. The topological polar surface area (TPSA) is 67.4 Å². The number of urea groups is 1. The van der Waals surface area contributed by atoms with Gasteiger partial charge in [-0.3, -0.25) is 0 Å². The van der Waals surface area contributed by atoms with E-state index in [0.29, 0.717) is 21.3 Å². The molecule has 0 fully saturated rings. The zero-order chi connectivity index (χ0) is 16.3. The first-order valence-electron chi connectivity index (χ1n) is 6.46. The van der Waals surface area contributed by atoms with Crippen LogP contribution in [0.5, 0.6) is 0 Å². The van der Waals surface area contributed by atoms with Crippen LogP contribution in [-0.2, 0) is 9.53 Å². The number of amides is 2. The van der Waals surface area contributed by atoms with Crippen LogP contribution in [-0.4, -0.2) is 18.6 Å². The van der Waals surface area contributed by atoms with Gasteiger partial charge >= 0.3 is 12.0 Å². The van der Waals surface area contributed by atoms with Crippen LogP contribution in [0.1, 0.15) is 18.5 Å². The van der Waals surface area contributed by atoms with E-state index in [-0.39, 0.29) is 12.2 Å². The number of esters is 1. The highest BCUT2D eigenvalue weighted by Crippen LogP contribution is 2.36. The Hall–Kier alpha value is -1.98. The van der Waals surface area contributed by atoms with Crippen molar-refractivity contribution in [3.8, 4) is 0 Å². The Morgan fingerprint density at radius 3 is 2.64 bits per heavy atom. The minimum atomic E-state index is -0.785. The van der Waals surface area contributed by atoms with E-state index >= 15 is 0 Å². The zero-order valence-electron chi connectivity index (χ0n) is 11.8. The summed E-state index contributed by atoms with van der Waals surface area (Å²) in [6.07, 6.45) is 1.46. The number of nitrogens with one attached hydrogen (secondary N) is 2. The quantitative estimate of drug-likeness (QED) is 0.652. The third-order valence-corrected chi connectivity index (χ3v) is 3.77. The molecule has 0 aromatic heterocycles. The third kappa shape index (κ3) is 3.26. The molecule has 2 N–H and O–H groups in total. The SMILES string of the molecule is C=CCOC(=O)C1=C(C)NC(=O)N[C@H]1c1c(Cl)cccc1Cl. The lowest BCUT2D eigenvalue weighted by molar-refractivity contribution is -0.138. The summed E-state index contributed by atoms with van der Waals surface area (Å²) >= 11 is 12.4. The van der Waals surface area contributed by atoms with Crippen LogP contribution in [0, 0.1) is 0 Å². The van der Waals surface area contributed by atoms with Crippen molar-refractivity contribution in [3.63, 3.8) is 0 Å². The largest absolute Gasteiger partial charge is 0.458 e. The van der Waals surface area contributed by atoms with Gasteiger partial charge in [0.2, 0.25) is 0 Å². The van der Waals surface area contributed by atoms with Gasteiger partial charge in [0, 0.05) is 21.3 Å². The van der Waals surface area contributed by atoms with Gasteiger partial charge in [0.1, 0.15) is 6.61 Å². The highest BCUT2D eigenvalue weighted by molar-refractivity contribution is 6.36. The molecule has 116 valence electrons. The highest BCUT2D eigenvalue weighted by atomic mass is 35.5. The number of carbonyl (C=O) groups excluding carboxylic acids is 2. The predicted molar refractivity (Wildman–Crippen MR) is 84.7 cm³/mol. The zero-order valence-corrected chi connectivity index (χ0v) is 13.3. The summed E-state index contributed by atoms with van der Waals surface area (Å²) in [4.78, 5) is 24.0. The molecule has 1 aliphatic heterocycles. The lowest BCUT2D eigenvalue weighted by Crippen LogP contribution is -2.45. The standard InChI is InChI=1S/C15H14Cl2N2O3/c1-3-7-22-14(20)11-8(2)18-15(21)19-13(11)12-9(16)5-4-6-10(12)17/h3-6,13H,1,7H2,2H3,(H2,18,19,21)/t13-/m1/s1. The molecule has 22 heavy (non-hydrogen) atoms. The second-order valence-electron chi connectivity index (χ2n) is 4.59. The van der Waals surface area contributed by atoms with Crippen molar-refractivity contribution < 1.29 is 14.3 Å². The molecule has 0 aliphatic carbocycles. The molecule has 1 aliphatic rings. The molecular formula is C15H14Cl2N2O3. The average molecular weight is 341 g/mol. The second-order valence-corrected chi connectivity index (χ2v) is 5.41. The number of carbonyl (C=O) groups is 2. The molecule has 1 heterocycles. The van der Waals surface area contributed by atoms with E-state index in [4.69, 9.17) is 27.9 Å². The minimum absolute atomic E-state index is 0.0620. The van der Waals surface area contributed by atoms with E-state index in [2.05, 4.69) is 17.2 Å². The van der Waals surface area contributed by atoms with E-state index < -0.39 is 18.0 Å². The molecule has 0 saturated heterocycles. The maximum atomic E-state index is 12.3. The highest BCUT2D eigenvalue weighted by Gasteiger charge is 2.34. The summed E-state index contributed by atoms with van der Waals surface area (Å²) < 4.78 is 5.08. The van der Waals surface area contributed by atoms with Gasteiger partial charge in [-0.25, -0.2) is 9.59 Å². The molecule has 2 rings (SSSR count). The number of ether oxygens (including phenoxy) is 1. The van der Waals surface area contributed by atoms with Crippen molar-refractivity contribution in [1.82, 2.24) is 10.6 Å². The predicted octanol–water partition coefficient (Wildman–Crippen LogP) is 3.35. The van der Waals surface area contributed by atoms with E-state index in [9.17, 15) is 9.59 Å². The maximum absolute atomic E-state index is 12.3. The molecule has 0 bridgehead atoms. The lowest BCUT2D eigenvalue weighted by atomic mass is 9.95. The Morgan fingerprint density at radius 1 is 1.41 bits per heavy atom. The number of hydrogen-bond acceptors (Lipinski definition) is 3. The molecular weight excluding hydrogens is 327 g/mol. The van der Waals surface area contributed by atoms with Crippen LogP contribution in [0.4, 0.5) is 4.79 Å². The molecule has 1 aromatic rings. The van der Waals surface area contributed by atoms with Crippen molar-refractivity contribution in [2.24, 2.45) is 0 Å². The number of hydrogen-bond donors (Lipinski definition) is 2. The average Bonchev–Trinajstić information content (AvgIpc) is 2.44. The smallest absolute Gasteiger partial charge is 0.338 e. The van der Waals surface area contributed by atoms with E-state index in [0.717, 1.165) is 0 Å².